The van der Waals surface area contributed by atoms with Crippen molar-refractivity contribution in [1.82, 2.24) is 4.98 Å². The summed E-state index contributed by atoms with van der Waals surface area (Å²) in [4.78, 5) is 27.8. The molecule has 5 nitrogen and oxygen atoms in total. The highest BCUT2D eigenvalue weighted by Gasteiger charge is 2.24. The second-order valence-corrected chi connectivity index (χ2v) is 7.44. The van der Waals surface area contributed by atoms with Gasteiger partial charge in [-0.3, -0.25) is 4.79 Å². The number of hydrogen-bond acceptors (Lipinski definition) is 3. The van der Waals surface area contributed by atoms with Crippen LogP contribution >= 0.6 is 0 Å². The number of carbonyl (C=O) groups excluding carboxylic acids is 2. The molecule has 2 aromatic rings. The summed E-state index contributed by atoms with van der Waals surface area (Å²) in [5.74, 6) is 0.0234. The molecule has 0 unspecified atom stereocenters. The van der Waals surface area contributed by atoms with Crippen molar-refractivity contribution in [2.45, 2.75) is 39.0 Å². The zero-order chi connectivity index (χ0) is 18.8. The number of rotatable bonds is 4. The molecule has 5 heteroatoms. The molecule has 1 aliphatic carbocycles. The molecule has 27 heavy (non-hydrogen) atoms. The van der Waals surface area contributed by atoms with Crippen molar-refractivity contribution >= 4 is 29.2 Å². The highest BCUT2D eigenvalue weighted by molar-refractivity contribution is 6.34. The van der Waals surface area contributed by atoms with Gasteiger partial charge in [0.2, 0.25) is 0 Å². The number of nitrogens with one attached hydrogen (secondary N) is 2. The number of aromatic amines is 1. The van der Waals surface area contributed by atoms with Crippen LogP contribution in [0, 0.1) is 12.8 Å². The minimum absolute atomic E-state index is 0.133. The van der Waals surface area contributed by atoms with E-state index < -0.39 is 0 Å². The lowest BCUT2D eigenvalue weighted by molar-refractivity contribution is -0.110. The molecule has 1 aliphatic heterocycles. The van der Waals surface area contributed by atoms with E-state index in [4.69, 9.17) is 4.74 Å². The fourth-order valence-corrected chi connectivity index (χ4v) is 3.89. The van der Waals surface area contributed by atoms with Crippen molar-refractivity contribution in [3.05, 3.63) is 52.8 Å². The topological polar surface area (TPSA) is 71.2 Å². The van der Waals surface area contributed by atoms with E-state index in [1.54, 1.807) is 12.1 Å². The van der Waals surface area contributed by atoms with E-state index in [1.807, 2.05) is 31.2 Å². The number of ether oxygens (including phenoxy) is 1. The zero-order valence-electron chi connectivity index (χ0n) is 15.5. The van der Waals surface area contributed by atoms with Gasteiger partial charge in [0.1, 0.15) is 5.69 Å². The molecule has 1 amide bonds. The van der Waals surface area contributed by atoms with E-state index in [9.17, 15) is 9.59 Å². The Labute approximate surface area is 158 Å². The molecule has 1 aromatic heterocycles. The van der Waals surface area contributed by atoms with Gasteiger partial charge in [0.25, 0.3) is 5.91 Å². The van der Waals surface area contributed by atoms with Crippen molar-refractivity contribution in [3.8, 4) is 0 Å². The molecule has 2 heterocycles. The Bertz CT molecular complexity index is 904. The normalized spacial score (nSPS) is 18.4. The maximum Gasteiger partial charge on any atom is 0.354 e. The molecule has 0 atom stereocenters. The molecule has 0 saturated heterocycles. The third kappa shape index (κ3) is 3.68. The number of aryl methyl sites for hydroxylation is 1. The smallest absolute Gasteiger partial charge is 0.354 e. The maximum absolute atomic E-state index is 12.4. The van der Waals surface area contributed by atoms with E-state index >= 15 is 0 Å². The van der Waals surface area contributed by atoms with Crippen LogP contribution in [0.1, 0.15) is 59.4 Å². The van der Waals surface area contributed by atoms with Gasteiger partial charge in [0.15, 0.2) is 0 Å². The predicted molar refractivity (Wildman–Crippen MR) is 105 cm³/mol. The quantitative estimate of drug-likeness (QED) is 0.617. The standard InChI is InChI=1S/C22H24N2O3/c1-14-11-20(22(26)27-13-15-7-3-2-4-8-15)23-19(14)12-17-16-9-5-6-10-18(16)24-21(17)25/h5-6,9-12,15,23H,2-4,7-8,13H2,1H3,(H,24,25)/b17-12+. The first-order chi connectivity index (χ1) is 13.1. The predicted octanol–water partition coefficient (Wildman–Crippen LogP) is 4.55. The molecule has 140 valence electrons. The molecule has 1 fully saturated rings. The largest absolute Gasteiger partial charge is 0.461 e. The van der Waals surface area contributed by atoms with Crippen molar-refractivity contribution in [1.29, 1.82) is 0 Å². The first kappa shape index (κ1) is 17.6. The summed E-state index contributed by atoms with van der Waals surface area (Å²) in [6.07, 6.45) is 7.82. The Kier molecular flexibility index (Phi) is 4.84. The molecule has 2 aliphatic rings. The fraction of sp³-hybridized carbons (Fsp3) is 0.364. The van der Waals surface area contributed by atoms with E-state index in [2.05, 4.69) is 10.3 Å². The van der Waals surface area contributed by atoms with E-state index in [0.29, 0.717) is 23.8 Å². The van der Waals surface area contributed by atoms with E-state index in [1.165, 1.54) is 19.3 Å². The van der Waals surface area contributed by atoms with Crippen LogP contribution in [0.2, 0.25) is 0 Å². The average Bonchev–Trinajstić information content (AvgIpc) is 3.21. The maximum atomic E-state index is 12.4. The summed E-state index contributed by atoms with van der Waals surface area (Å²) >= 11 is 0. The number of fused-ring (bicyclic) bond motifs is 1. The van der Waals surface area contributed by atoms with Gasteiger partial charge >= 0.3 is 5.97 Å². The number of esters is 1. The van der Waals surface area contributed by atoms with E-state index in [0.717, 1.165) is 35.3 Å². The van der Waals surface area contributed by atoms with Gasteiger partial charge in [-0.15, -0.1) is 0 Å². The minimum Gasteiger partial charge on any atom is -0.461 e. The van der Waals surface area contributed by atoms with Gasteiger partial charge in [-0.25, -0.2) is 4.79 Å². The van der Waals surface area contributed by atoms with Gasteiger partial charge in [-0.1, -0.05) is 37.5 Å². The van der Waals surface area contributed by atoms with Crippen molar-refractivity contribution in [3.63, 3.8) is 0 Å². The Balaban J connectivity index is 1.50. The first-order valence-electron chi connectivity index (χ1n) is 9.61. The molecule has 1 aromatic carbocycles. The molecule has 0 bridgehead atoms. The molecular formula is C22H24N2O3. The van der Waals surface area contributed by atoms with Crippen LogP contribution in [0.3, 0.4) is 0 Å². The third-order valence-corrected chi connectivity index (χ3v) is 5.45. The Hall–Kier alpha value is -2.82. The van der Waals surface area contributed by atoms with Crippen molar-refractivity contribution in [2.75, 3.05) is 11.9 Å². The summed E-state index contributed by atoms with van der Waals surface area (Å²) in [7, 11) is 0. The lowest BCUT2D eigenvalue weighted by Crippen LogP contribution is -2.17. The van der Waals surface area contributed by atoms with Crippen molar-refractivity contribution in [2.24, 2.45) is 5.92 Å². The van der Waals surface area contributed by atoms with E-state index in [-0.39, 0.29) is 11.9 Å². The summed E-state index contributed by atoms with van der Waals surface area (Å²) in [6, 6.07) is 9.37. The number of carbonyl (C=O) groups is 2. The van der Waals surface area contributed by atoms with Gasteiger partial charge in [-0.05, 0) is 49.5 Å². The lowest BCUT2D eigenvalue weighted by atomic mass is 9.90. The van der Waals surface area contributed by atoms with Crippen LogP contribution < -0.4 is 5.32 Å². The van der Waals surface area contributed by atoms with Crippen LogP contribution in [0.5, 0.6) is 0 Å². The van der Waals surface area contributed by atoms with Crippen LogP contribution in [0.25, 0.3) is 11.6 Å². The summed E-state index contributed by atoms with van der Waals surface area (Å²) in [5, 5.41) is 2.86. The monoisotopic (exact) mass is 364 g/mol. The van der Waals surface area contributed by atoms with Gasteiger partial charge < -0.3 is 15.0 Å². The lowest BCUT2D eigenvalue weighted by Gasteiger charge is -2.20. The second kappa shape index (κ2) is 7.43. The highest BCUT2D eigenvalue weighted by atomic mass is 16.5. The summed E-state index contributed by atoms with van der Waals surface area (Å²) < 4.78 is 5.51. The minimum atomic E-state index is -0.329. The summed E-state index contributed by atoms with van der Waals surface area (Å²) in [5.41, 5.74) is 4.37. The van der Waals surface area contributed by atoms with Crippen LogP contribution in [0.4, 0.5) is 5.69 Å². The SMILES string of the molecule is Cc1cc(C(=O)OCC2CCCCC2)[nH]c1/C=C1/C(=O)Nc2ccccc21. The Morgan fingerprint density at radius 3 is 2.81 bits per heavy atom. The third-order valence-electron chi connectivity index (χ3n) is 5.45. The number of anilines is 1. The molecule has 0 spiro atoms. The van der Waals surface area contributed by atoms with Crippen LogP contribution in [-0.2, 0) is 9.53 Å². The van der Waals surface area contributed by atoms with Crippen molar-refractivity contribution < 1.29 is 14.3 Å². The number of hydrogen-bond donors (Lipinski definition) is 2. The van der Waals surface area contributed by atoms with Gasteiger partial charge in [0.05, 0.1) is 12.2 Å². The highest BCUT2D eigenvalue weighted by Crippen LogP contribution is 2.33. The molecule has 0 radical (unpaired) electrons. The van der Waals surface area contributed by atoms with Gasteiger partial charge in [0, 0.05) is 16.9 Å². The van der Waals surface area contributed by atoms with Crippen LogP contribution in [-0.4, -0.2) is 23.5 Å². The Morgan fingerprint density at radius 1 is 1.22 bits per heavy atom. The Morgan fingerprint density at radius 2 is 2.00 bits per heavy atom. The fourth-order valence-electron chi connectivity index (χ4n) is 3.89. The molecule has 4 rings (SSSR count). The average molecular weight is 364 g/mol. The number of amides is 1. The number of para-hydroxylation sites is 1. The number of aromatic nitrogens is 1. The number of benzene rings is 1. The molecule has 1 saturated carbocycles. The first-order valence-corrected chi connectivity index (χ1v) is 9.61. The van der Waals surface area contributed by atoms with Gasteiger partial charge in [-0.2, -0.15) is 0 Å². The number of H-pyrrole nitrogens is 1. The molecule has 2 N–H and O–H groups in total. The zero-order valence-corrected chi connectivity index (χ0v) is 15.5. The summed E-state index contributed by atoms with van der Waals surface area (Å²) in [6.45, 7) is 2.41. The second-order valence-electron chi connectivity index (χ2n) is 7.44. The van der Waals surface area contributed by atoms with Crippen LogP contribution in [0.15, 0.2) is 30.3 Å². The molecular weight excluding hydrogens is 340 g/mol.